The van der Waals surface area contributed by atoms with Crippen LogP contribution in [0.3, 0.4) is 0 Å². The molecule has 0 aliphatic rings. The van der Waals surface area contributed by atoms with Gasteiger partial charge >= 0.3 is 0 Å². The summed E-state index contributed by atoms with van der Waals surface area (Å²) in [5.74, 6) is 0.788. The lowest BCUT2D eigenvalue weighted by molar-refractivity contribution is 0.135. The van der Waals surface area contributed by atoms with Crippen molar-refractivity contribution in [1.82, 2.24) is 20.3 Å². The van der Waals surface area contributed by atoms with E-state index in [-0.39, 0.29) is 0 Å². The molecule has 2 rings (SSSR count). The van der Waals surface area contributed by atoms with Gasteiger partial charge in [-0.25, -0.2) is 0 Å². The topological polar surface area (TPSA) is 100.0 Å². The molecule has 2 heterocycles. The van der Waals surface area contributed by atoms with Crippen LogP contribution in [0, 0.1) is 13.8 Å². The first kappa shape index (κ1) is 13.6. The molecular formula is C12H17N5O2. The Morgan fingerprint density at radius 3 is 2.79 bits per heavy atom. The molecule has 0 spiro atoms. The van der Waals surface area contributed by atoms with Gasteiger partial charge in [-0.15, -0.1) is 0 Å². The molecule has 2 aromatic heterocycles. The molecule has 0 fully saturated rings. The van der Waals surface area contributed by atoms with E-state index in [9.17, 15) is 0 Å². The first-order chi connectivity index (χ1) is 8.94. The molecule has 0 aliphatic heterocycles. The number of nitrogens with zero attached hydrogens (tertiary/aromatic N) is 4. The van der Waals surface area contributed by atoms with Gasteiger partial charge in [-0.05, 0) is 26.8 Å². The number of aryl methyl sites for hydroxylation is 2. The van der Waals surface area contributed by atoms with Crippen molar-refractivity contribution in [2.45, 2.75) is 26.3 Å². The van der Waals surface area contributed by atoms with Gasteiger partial charge in [-0.1, -0.05) is 5.16 Å². The fraction of sp³-hybridized carbons (Fsp3) is 0.500. The maximum Gasteiger partial charge on any atom is 0.259 e. The van der Waals surface area contributed by atoms with E-state index in [1.165, 1.54) is 0 Å². The lowest BCUT2D eigenvalue weighted by Crippen LogP contribution is -2.38. The SMILES string of the molecule is COCC(C)(N)c1noc(-c2cc(C)nnc2C)n1. The zero-order valence-corrected chi connectivity index (χ0v) is 11.5. The Labute approximate surface area is 111 Å². The molecule has 102 valence electrons. The molecule has 0 aliphatic carbocycles. The lowest BCUT2D eigenvalue weighted by atomic mass is 10.1. The third-order valence-corrected chi connectivity index (χ3v) is 2.71. The Balaban J connectivity index is 2.38. The van der Waals surface area contributed by atoms with Crippen LogP contribution in [0.2, 0.25) is 0 Å². The number of aromatic nitrogens is 4. The highest BCUT2D eigenvalue weighted by molar-refractivity contribution is 5.55. The van der Waals surface area contributed by atoms with Gasteiger partial charge in [-0.3, -0.25) is 0 Å². The minimum Gasteiger partial charge on any atom is -0.382 e. The molecule has 2 aromatic rings. The molecule has 2 N–H and O–H groups in total. The van der Waals surface area contributed by atoms with E-state index in [1.807, 2.05) is 19.9 Å². The normalized spacial score (nSPS) is 14.4. The molecule has 0 aromatic carbocycles. The summed E-state index contributed by atoms with van der Waals surface area (Å²) >= 11 is 0. The maximum absolute atomic E-state index is 6.07. The molecule has 0 amide bonds. The first-order valence-corrected chi connectivity index (χ1v) is 5.87. The van der Waals surface area contributed by atoms with E-state index in [1.54, 1.807) is 14.0 Å². The van der Waals surface area contributed by atoms with Gasteiger partial charge in [-0.2, -0.15) is 15.2 Å². The third kappa shape index (κ3) is 2.77. The van der Waals surface area contributed by atoms with Gasteiger partial charge < -0.3 is 15.0 Å². The number of rotatable bonds is 4. The highest BCUT2D eigenvalue weighted by Crippen LogP contribution is 2.23. The summed E-state index contributed by atoms with van der Waals surface area (Å²) in [6.07, 6.45) is 0. The van der Waals surface area contributed by atoms with Gasteiger partial charge in [0.2, 0.25) is 0 Å². The molecule has 19 heavy (non-hydrogen) atoms. The van der Waals surface area contributed by atoms with Gasteiger partial charge in [0.05, 0.1) is 23.6 Å². The molecule has 7 heteroatoms. The largest absolute Gasteiger partial charge is 0.382 e. The lowest BCUT2D eigenvalue weighted by Gasteiger charge is -2.18. The van der Waals surface area contributed by atoms with Crippen molar-refractivity contribution < 1.29 is 9.26 Å². The molecule has 0 saturated heterocycles. The Morgan fingerprint density at radius 2 is 2.11 bits per heavy atom. The van der Waals surface area contributed by atoms with Crippen molar-refractivity contribution >= 4 is 0 Å². The molecule has 0 radical (unpaired) electrons. The predicted octanol–water partition coefficient (Wildman–Crippen LogP) is 0.964. The average molecular weight is 263 g/mol. The van der Waals surface area contributed by atoms with E-state index in [0.717, 1.165) is 17.0 Å². The van der Waals surface area contributed by atoms with Crippen LogP contribution in [0.15, 0.2) is 10.6 Å². The second-order valence-corrected chi connectivity index (χ2v) is 4.76. The summed E-state index contributed by atoms with van der Waals surface area (Å²) in [6.45, 7) is 5.78. The fourth-order valence-corrected chi connectivity index (χ4v) is 1.70. The maximum atomic E-state index is 6.07. The monoisotopic (exact) mass is 263 g/mol. The Bertz CT molecular complexity index is 579. The predicted molar refractivity (Wildman–Crippen MR) is 68.2 cm³/mol. The zero-order valence-electron chi connectivity index (χ0n) is 11.5. The number of hydrogen-bond donors (Lipinski definition) is 1. The van der Waals surface area contributed by atoms with E-state index < -0.39 is 5.54 Å². The smallest absolute Gasteiger partial charge is 0.259 e. The second-order valence-electron chi connectivity index (χ2n) is 4.76. The van der Waals surface area contributed by atoms with Crippen molar-refractivity contribution in [1.29, 1.82) is 0 Å². The third-order valence-electron chi connectivity index (χ3n) is 2.71. The average Bonchev–Trinajstić information content (AvgIpc) is 2.82. The summed E-state index contributed by atoms with van der Waals surface area (Å²) < 4.78 is 10.3. The zero-order chi connectivity index (χ0) is 14.0. The number of nitrogens with two attached hydrogens (primary N) is 1. The van der Waals surface area contributed by atoms with E-state index in [2.05, 4.69) is 20.3 Å². The summed E-state index contributed by atoms with van der Waals surface area (Å²) in [5.41, 5.74) is 7.55. The van der Waals surface area contributed by atoms with Crippen LogP contribution in [0.25, 0.3) is 11.5 Å². The van der Waals surface area contributed by atoms with Crippen molar-refractivity contribution in [2.75, 3.05) is 13.7 Å². The van der Waals surface area contributed by atoms with Crippen molar-refractivity contribution in [3.05, 3.63) is 23.3 Å². The van der Waals surface area contributed by atoms with Crippen LogP contribution < -0.4 is 5.73 Å². The van der Waals surface area contributed by atoms with E-state index in [4.69, 9.17) is 15.0 Å². The van der Waals surface area contributed by atoms with Crippen molar-refractivity contribution in [3.8, 4) is 11.5 Å². The molecule has 0 bridgehead atoms. The Morgan fingerprint density at radius 1 is 1.37 bits per heavy atom. The van der Waals surface area contributed by atoms with Gasteiger partial charge in [0, 0.05) is 7.11 Å². The molecule has 1 unspecified atom stereocenters. The van der Waals surface area contributed by atoms with Crippen LogP contribution in [0.1, 0.15) is 24.1 Å². The van der Waals surface area contributed by atoms with E-state index in [0.29, 0.717) is 18.3 Å². The minimum absolute atomic E-state index is 0.304. The highest BCUT2D eigenvalue weighted by Gasteiger charge is 2.28. The first-order valence-electron chi connectivity index (χ1n) is 5.87. The van der Waals surface area contributed by atoms with E-state index >= 15 is 0 Å². The van der Waals surface area contributed by atoms with Gasteiger partial charge in [0.25, 0.3) is 5.89 Å². The Kier molecular flexibility index (Phi) is 3.59. The Hall–Kier alpha value is -1.86. The number of ether oxygens (including phenoxy) is 1. The summed E-state index contributed by atoms with van der Waals surface area (Å²) in [7, 11) is 1.58. The summed E-state index contributed by atoms with van der Waals surface area (Å²) in [6, 6.07) is 1.85. The van der Waals surface area contributed by atoms with Gasteiger partial charge in [0.15, 0.2) is 5.82 Å². The molecular weight excluding hydrogens is 246 g/mol. The highest BCUT2D eigenvalue weighted by atomic mass is 16.5. The molecule has 7 nitrogen and oxygen atoms in total. The summed E-state index contributed by atoms with van der Waals surface area (Å²) in [5, 5.41) is 11.9. The standard InChI is InChI=1S/C12H17N5O2/c1-7-5-9(8(2)16-15-7)10-14-11(17-19-10)12(3,13)6-18-4/h5H,6,13H2,1-4H3. The molecule has 0 saturated carbocycles. The van der Waals surface area contributed by atoms with Crippen molar-refractivity contribution in [2.24, 2.45) is 5.73 Å². The van der Waals surface area contributed by atoms with Gasteiger partial charge in [0.1, 0.15) is 5.54 Å². The second kappa shape index (κ2) is 5.02. The minimum atomic E-state index is -0.792. The van der Waals surface area contributed by atoms with Crippen LogP contribution in [0.5, 0.6) is 0 Å². The fourth-order valence-electron chi connectivity index (χ4n) is 1.70. The number of methoxy groups -OCH3 is 1. The summed E-state index contributed by atoms with van der Waals surface area (Å²) in [4.78, 5) is 4.32. The quantitative estimate of drug-likeness (QED) is 0.876. The van der Waals surface area contributed by atoms with Crippen LogP contribution in [0.4, 0.5) is 0 Å². The van der Waals surface area contributed by atoms with Crippen LogP contribution in [-0.2, 0) is 10.3 Å². The van der Waals surface area contributed by atoms with Crippen molar-refractivity contribution in [3.63, 3.8) is 0 Å². The van der Waals surface area contributed by atoms with Crippen LogP contribution >= 0.6 is 0 Å². The van der Waals surface area contributed by atoms with Crippen LogP contribution in [-0.4, -0.2) is 34.1 Å². The molecule has 1 atom stereocenters. The number of hydrogen-bond acceptors (Lipinski definition) is 7.